The second-order valence-electron chi connectivity index (χ2n) is 4.56. The third-order valence-corrected chi connectivity index (χ3v) is 5.24. The van der Waals surface area contributed by atoms with Gasteiger partial charge in [-0.05, 0) is 12.3 Å². The Morgan fingerprint density at radius 1 is 1.63 bits per heavy atom. The SMILES string of the molecule is COc1csc(S(=N)(=O)NC(=O)[C@@H](N)CC(C)C)c1. The lowest BCUT2D eigenvalue weighted by Crippen LogP contribution is -2.43. The fourth-order valence-corrected chi connectivity index (χ4v) is 3.65. The molecular formula is C11H19N3O3S2. The van der Waals surface area contributed by atoms with Gasteiger partial charge in [0.05, 0.1) is 13.2 Å². The van der Waals surface area contributed by atoms with E-state index in [1.807, 2.05) is 13.8 Å². The van der Waals surface area contributed by atoms with Gasteiger partial charge in [-0.15, -0.1) is 11.3 Å². The van der Waals surface area contributed by atoms with Crippen molar-refractivity contribution in [2.45, 2.75) is 30.5 Å². The summed E-state index contributed by atoms with van der Waals surface area (Å²) in [4.78, 5) is 11.8. The number of methoxy groups -OCH3 is 1. The monoisotopic (exact) mass is 305 g/mol. The number of nitrogens with two attached hydrogens (primary N) is 1. The van der Waals surface area contributed by atoms with E-state index in [-0.39, 0.29) is 10.1 Å². The van der Waals surface area contributed by atoms with Crippen LogP contribution in [0, 0.1) is 10.7 Å². The Hall–Kier alpha value is -1.12. The van der Waals surface area contributed by atoms with E-state index in [2.05, 4.69) is 4.72 Å². The highest BCUT2D eigenvalue weighted by Crippen LogP contribution is 2.25. The molecule has 19 heavy (non-hydrogen) atoms. The average Bonchev–Trinajstić information content (AvgIpc) is 2.76. The lowest BCUT2D eigenvalue weighted by molar-refractivity contribution is -0.120. The predicted octanol–water partition coefficient (Wildman–Crippen LogP) is 1.57. The molecule has 4 N–H and O–H groups in total. The van der Waals surface area contributed by atoms with Crippen LogP contribution in [-0.2, 0) is 14.7 Å². The summed E-state index contributed by atoms with van der Waals surface area (Å²) in [5.74, 6) is 0.200. The maximum Gasteiger partial charge on any atom is 0.249 e. The first kappa shape index (κ1) is 15.9. The van der Waals surface area contributed by atoms with Gasteiger partial charge in [-0.2, -0.15) is 0 Å². The molecule has 8 heteroatoms. The van der Waals surface area contributed by atoms with Gasteiger partial charge in [0, 0.05) is 11.4 Å². The molecule has 0 aliphatic rings. The van der Waals surface area contributed by atoms with E-state index < -0.39 is 21.9 Å². The second-order valence-corrected chi connectivity index (χ2v) is 7.49. The van der Waals surface area contributed by atoms with Gasteiger partial charge in [0.1, 0.15) is 9.96 Å². The number of carbonyl (C=O) groups is 1. The molecule has 2 atom stereocenters. The van der Waals surface area contributed by atoms with Crippen molar-refractivity contribution in [2.75, 3.05) is 7.11 Å². The molecule has 6 nitrogen and oxygen atoms in total. The van der Waals surface area contributed by atoms with E-state index in [0.717, 1.165) is 11.3 Å². The Labute approximate surface area is 117 Å². The summed E-state index contributed by atoms with van der Waals surface area (Å²) in [6.07, 6.45) is 0.481. The molecule has 1 heterocycles. The molecule has 0 bridgehead atoms. The summed E-state index contributed by atoms with van der Waals surface area (Å²) in [6, 6.07) is 0.724. The zero-order valence-corrected chi connectivity index (χ0v) is 12.8. The highest BCUT2D eigenvalue weighted by Gasteiger charge is 2.21. The Balaban J connectivity index is 2.77. The van der Waals surface area contributed by atoms with Crippen LogP contribution >= 0.6 is 11.3 Å². The molecule has 0 aliphatic heterocycles. The van der Waals surface area contributed by atoms with Crippen molar-refractivity contribution >= 4 is 27.2 Å². The molecular weight excluding hydrogens is 286 g/mol. The van der Waals surface area contributed by atoms with E-state index in [9.17, 15) is 9.00 Å². The zero-order valence-electron chi connectivity index (χ0n) is 11.1. The van der Waals surface area contributed by atoms with Gasteiger partial charge in [0.2, 0.25) is 5.91 Å². The minimum Gasteiger partial charge on any atom is -0.496 e. The van der Waals surface area contributed by atoms with Crippen molar-refractivity contribution in [1.82, 2.24) is 4.72 Å². The normalized spacial score (nSPS) is 15.8. The van der Waals surface area contributed by atoms with Crippen molar-refractivity contribution in [1.29, 1.82) is 4.78 Å². The average molecular weight is 305 g/mol. The second kappa shape index (κ2) is 6.36. The van der Waals surface area contributed by atoms with Gasteiger partial charge in [-0.3, -0.25) is 9.52 Å². The molecule has 0 fully saturated rings. The Bertz CT molecular complexity index is 537. The number of hydrogen-bond acceptors (Lipinski definition) is 6. The predicted molar refractivity (Wildman–Crippen MR) is 75.6 cm³/mol. The van der Waals surface area contributed by atoms with E-state index in [4.69, 9.17) is 15.3 Å². The van der Waals surface area contributed by atoms with Gasteiger partial charge in [-0.1, -0.05) is 13.8 Å². The van der Waals surface area contributed by atoms with E-state index >= 15 is 0 Å². The van der Waals surface area contributed by atoms with Crippen molar-refractivity contribution in [3.63, 3.8) is 0 Å². The van der Waals surface area contributed by atoms with Crippen LogP contribution in [-0.4, -0.2) is 23.3 Å². The lowest BCUT2D eigenvalue weighted by atomic mass is 10.0. The van der Waals surface area contributed by atoms with Crippen LogP contribution < -0.4 is 15.2 Å². The minimum atomic E-state index is -3.37. The van der Waals surface area contributed by atoms with Crippen molar-refractivity contribution in [3.8, 4) is 5.75 Å². The molecule has 0 saturated carbocycles. The molecule has 1 aromatic rings. The smallest absolute Gasteiger partial charge is 0.249 e. The van der Waals surface area contributed by atoms with Crippen LogP contribution in [0.2, 0.25) is 0 Å². The third-order valence-electron chi connectivity index (χ3n) is 2.38. The van der Waals surface area contributed by atoms with Crippen LogP contribution in [0.5, 0.6) is 5.75 Å². The Kier molecular flexibility index (Phi) is 5.33. The van der Waals surface area contributed by atoms with Gasteiger partial charge < -0.3 is 10.5 Å². The molecule has 0 spiro atoms. The molecule has 0 radical (unpaired) electrons. The zero-order chi connectivity index (χ0) is 14.6. The highest BCUT2D eigenvalue weighted by molar-refractivity contribution is 7.93. The number of nitrogens with one attached hydrogen (secondary N) is 2. The Morgan fingerprint density at radius 2 is 2.26 bits per heavy atom. The molecule has 1 aromatic heterocycles. The summed E-state index contributed by atoms with van der Waals surface area (Å²) in [5, 5.41) is 1.63. The van der Waals surface area contributed by atoms with Gasteiger partial charge in [0.15, 0.2) is 9.92 Å². The molecule has 0 aliphatic carbocycles. The minimum absolute atomic E-state index is 0.245. The van der Waals surface area contributed by atoms with E-state index in [1.54, 1.807) is 5.38 Å². The van der Waals surface area contributed by atoms with Crippen molar-refractivity contribution < 1.29 is 13.7 Å². The van der Waals surface area contributed by atoms with Crippen LogP contribution in [0.15, 0.2) is 15.7 Å². The van der Waals surface area contributed by atoms with Gasteiger partial charge >= 0.3 is 0 Å². The molecule has 108 valence electrons. The summed E-state index contributed by atoms with van der Waals surface area (Å²) < 4.78 is 27.3. The first-order chi connectivity index (χ1) is 8.76. The van der Waals surface area contributed by atoms with Crippen LogP contribution in [0.4, 0.5) is 0 Å². The summed E-state index contributed by atoms with van der Waals surface area (Å²) in [7, 11) is -1.89. The number of carbonyl (C=O) groups excluding carboxylic acids is 1. The molecule has 1 rings (SSSR count). The van der Waals surface area contributed by atoms with Crippen molar-refractivity contribution in [2.24, 2.45) is 11.7 Å². The molecule has 0 saturated heterocycles. The number of rotatable bonds is 6. The first-order valence-electron chi connectivity index (χ1n) is 5.74. The van der Waals surface area contributed by atoms with Crippen LogP contribution in [0.1, 0.15) is 20.3 Å². The number of ether oxygens (including phenoxy) is 1. The topological polar surface area (TPSA) is 105 Å². The quantitative estimate of drug-likeness (QED) is 0.741. The Morgan fingerprint density at radius 3 is 2.74 bits per heavy atom. The van der Waals surface area contributed by atoms with Gasteiger partial charge in [-0.25, -0.2) is 8.99 Å². The number of hydrogen-bond donors (Lipinski definition) is 3. The maximum absolute atomic E-state index is 12.2. The fraction of sp³-hybridized carbons (Fsp3) is 0.545. The largest absolute Gasteiger partial charge is 0.496 e. The summed E-state index contributed by atoms with van der Waals surface area (Å²) in [6.45, 7) is 3.88. The summed E-state index contributed by atoms with van der Waals surface area (Å²) >= 11 is 1.11. The van der Waals surface area contributed by atoms with Crippen LogP contribution in [0.25, 0.3) is 0 Å². The molecule has 0 aromatic carbocycles. The number of amides is 1. The first-order valence-corrected chi connectivity index (χ1v) is 8.18. The summed E-state index contributed by atoms with van der Waals surface area (Å²) in [5.41, 5.74) is 5.69. The van der Waals surface area contributed by atoms with Crippen molar-refractivity contribution in [3.05, 3.63) is 11.4 Å². The standard InChI is InChI=1S/C11H19N3O3S2/c1-7(2)4-9(12)11(15)14-19(13,16)10-5-8(17-3)6-18-10/h5-7,9H,4,12H2,1-3H3,(H2,13,14,15,16)/t9-,19?/m0/s1. The van der Waals surface area contributed by atoms with E-state index in [0.29, 0.717) is 12.2 Å². The molecule has 1 amide bonds. The van der Waals surface area contributed by atoms with E-state index in [1.165, 1.54) is 13.2 Å². The number of thiophene rings is 1. The highest BCUT2D eigenvalue weighted by atomic mass is 32.2. The third kappa shape index (κ3) is 4.48. The maximum atomic E-state index is 12.2. The molecule has 1 unspecified atom stereocenters. The lowest BCUT2D eigenvalue weighted by Gasteiger charge is -2.15. The fourth-order valence-electron chi connectivity index (χ4n) is 1.44. The van der Waals surface area contributed by atoms with Crippen LogP contribution in [0.3, 0.4) is 0 Å². The van der Waals surface area contributed by atoms with Gasteiger partial charge in [0.25, 0.3) is 0 Å².